The fourth-order valence-corrected chi connectivity index (χ4v) is 1.75. The van der Waals surface area contributed by atoms with E-state index in [2.05, 4.69) is 6.92 Å². The average Bonchev–Trinajstić information content (AvgIpc) is 2.17. The van der Waals surface area contributed by atoms with E-state index in [4.69, 9.17) is 0 Å². The molecule has 1 rings (SSSR count). The molecule has 2 heteroatoms. The second-order valence-electron chi connectivity index (χ2n) is 5.31. The summed E-state index contributed by atoms with van der Waals surface area (Å²) in [6.45, 7) is 7.90. The van der Waals surface area contributed by atoms with Crippen molar-refractivity contribution in [1.82, 2.24) is 0 Å². The molecule has 1 aromatic rings. The van der Waals surface area contributed by atoms with Crippen molar-refractivity contribution in [3.63, 3.8) is 0 Å². The number of phenols is 1. The molecule has 0 aliphatic rings. The van der Waals surface area contributed by atoms with E-state index in [0.717, 1.165) is 19.3 Å². The standard InChI is InChI=1S/C14H21FO/c1-5-6-7-10-8-12(15)11(9-13(10)16)14(2,3)4/h8-9,16H,5-7H2,1-4H3. The van der Waals surface area contributed by atoms with Crippen molar-refractivity contribution in [2.24, 2.45) is 0 Å². The van der Waals surface area contributed by atoms with E-state index < -0.39 is 0 Å². The van der Waals surface area contributed by atoms with Crippen LogP contribution in [0.2, 0.25) is 0 Å². The van der Waals surface area contributed by atoms with Gasteiger partial charge in [0, 0.05) is 0 Å². The van der Waals surface area contributed by atoms with Gasteiger partial charge in [0.15, 0.2) is 0 Å². The third kappa shape index (κ3) is 2.97. The summed E-state index contributed by atoms with van der Waals surface area (Å²) in [5.74, 6) is 0.0104. The molecule has 1 N–H and O–H groups in total. The molecule has 0 spiro atoms. The molecule has 90 valence electrons. The number of phenolic OH excluding ortho intramolecular Hbond substituents is 1. The molecular weight excluding hydrogens is 203 g/mol. The van der Waals surface area contributed by atoms with Crippen LogP contribution in [0.25, 0.3) is 0 Å². The number of benzene rings is 1. The van der Waals surface area contributed by atoms with E-state index in [9.17, 15) is 9.50 Å². The van der Waals surface area contributed by atoms with Crippen molar-refractivity contribution < 1.29 is 9.50 Å². The lowest BCUT2D eigenvalue weighted by atomic mass is 9.85. The van der Waals surface area contributed by atoms with Crippen molar-refractivity contribution in [2.45, 2.75) is 52.4 Å². The molecule has 0 aromatic heterocycles. The highest BCUT2D eigenvalue weighted by Gasteiger charge is 2.20. The third-order valence-corrected chi connectivity index (χ3v) is 2.78. The zero-order chi connectivity index (χ0) is 12.3. The summed E-state index contributed by atoms with van der Waals surface area (Å²) in [6.07, 6.45) is 2.76. The Morgan fingerprint density at radius 1 is 1.25 bits per heavy atom. The van der Waals surface area contributed by atoms with Gasteiger partial charge in [-0.3, -0.25) is 0 Å². The number of aryl methyl sites for hydroxylation is 1. The minimum Gasteiger partial charge on any atom is -0.508 e. The van der Waals surface area contributed by atoms with Gasteiger partial charge in [-0.25, -0.2) is 4.39 Å². The van der Waals surface area contributed by atoms with Crippen molar-refractivity contribution in [3.05, 3.63) is 29.1 Å². The molecule has 0 fully saturated rings. The molecule has 16 heavy (non-hydrogen) atoms. The van der Waals surface area contributed by atoms with Crippen molar-refractivity contribution in [3.8, 4) is 5.75 Å². The van der Waals surface area contributed by atoms with Gasteiger partial charge < -0.3 is 5.11 Å². The highest BCUT2D eigenvalue weighted by molar-refractivity contribution is 5.40. The molecule has 0 atom stereocenters. The van der Waals surface area contributed by atoms with Crippen molar-refractivity contribution in [1.29, 1.82) is 0 Å². The highest BCUT2D eigenvalue weighted by Crippen LogP contribution is 2.31. The molecule has 1 aromatic carbocycles. The molecule has 0 heterocycles. The Balaban J connectivity index is 3.07. The van der Waals surface area contributed by atoms with Gasteiger partial charge in [0.2, 0.25) is 0 Å². The normalized spacial score (nSPS) is 11.8. The van der Waals surface area contributed by atoms with Crippen LogP contribution in [-0.2, 0) is 11.8 Å². The molecule has 1 nitrogen and oxygen atoms in total. The smallest absolute Gasteiger partial charge is 0.127 e. The largest absolute Gasteiger partial charge is 0.508 e. The van der Waals surface area contributed by atoms with E-state index in [1.807, 2.05) is 20.8 Å². The molecule has 0 saturated heterocycles. The zero-order valence-corrected chi connectivity index (χ0v) is 10.6. The minimum absolute atomic E-state index is 0.212. The Hall–Kier alpha value is -1.05. The van der Waals surface area contributed by atoms with Gasteiger partial charge >= 0.3 is 0 Å². The zero-order valence-electron chi connectivity index (χ0n) is 10.6. The third-order valence-electron chi connectivity index (χ3n) is 2.78. The first-order valence-electron chi connectivity index (χ1n) is 5.88. The lowest BCUT2D eigenvalue weighted by Crippen LogP contribution is -2.13. The van der Waals surface area contributed by atoms with Crippen LogP contribution in [0.5, 0.6) is 5.75 Å². The van der Waals surface area contributed by atoms with Crippen LogP contribution >= 0.6 is 0 Å². The van der Waals surface area contributed by atoms with Gasteiger partial charge in [-0.1, -0.05) is 34.1 Å². The number of rotatable bonds is 3. The van der Waals surface area contributed by atoms with Gasteiger partial charge in [0.05, 0.1) is 0 Å². The second-order valence-corrected chi connectivity index (χ2v) is 5.31. The van der Waals surface area contributed by atoms with Crippen LogP contribution in [0, 0.1) is 5.82 Å². The molecule has 0 saturated carbocycles. The fourth-order valence-electron chi connectivity index (χ4n) is 1.75. The second kappa shape index (κ2) is 4.86. The summed E-state index contributed by atoms with van der Waals surface area (Å²) in [6, 6.07) is 3.05. The fraction of sp³-hybridized carbons (Fsp3) is 0.571. The Bertz CT molecular complexity index is 364. The van der Waals surface area contributed by atoms with E-state index >= 15 is 0 Å². The highest BCUT2D eigenvalue weighted by atomic mass is 19.1. The average molecular weight is 224 g/mol. The lowest BCUT2D eigenvalue weighted by molar-refractivity contribution is 0.454. The number of halogens is 1. The van der Waals surface area contributed by atoms with Crippen LogP contribution in [0.4, 0.5) is 4.39 Å². The maximum absolute atomic E-state index is 13.8. The molecule has 0 radical (unpaired) electrons. The molecular formula is C14H21FO. The minimum atomic E-state index is -0.273. The monoisotopic (exact) mass is 224 g/mol. The molecule has 0 unspecified atom stereocenters. The van der Waals surface area contributed by atoms with E-state index in [1.165, 1.54) is 6.07 Å². The van der Waals surface area contributed by atoms with Crippen molar-refractivity contribution in [2.75, 3.05) is 0 Å². The van der Waals surface area contributed by atoms with Crippen LogP contribution in [-0.4, -0.2) is 5.11 Å². The molecule has 0 aliphatic heterocycles. The number of hydrogen-bond acceptors (Lipinski definition) is 1. The first-order chi connectivity index (χ1) is 7.36. The summed E-state index contributed by atoms with van der Waals surface area (Å²) in [7, 11) is 0. The first-order valence-corrected chi connectivity index (χ1v) is 5.88. The van der Waals surface area contributed by atoms with Crippen LogP contribution in [0.3, 0.4) is 0 Å². The molecule has 0 bridgehead atoms. The van der Waals surface area contributed by atoms with Gasteiger partial charge in [-0.05, 0) is 41.5 Å². The van der Waals surface area contributed by atoms with E-state index in [1.54, 1.807) is 6.07 Å². The maximum Gasteiger partial charge on any atom is 0.127 e. The molecule has 0 amide bonds. The lowest BCUT2D eigenvalue weighted by Gasteiger charge is -2.21. The van der Waals surface area contributed by atoms with Gasteiger partial charge in [-0.15, -0.1) is 0 Å². The Morgan fingerprint density at radius 2 is 1.88 bits per heavy atom. The summed E-state index contributed by atoms with van der Waals surface area (Å²) in [4.78, 5) is 0. The Kier molecular flexibility index (Phi) is 3.95. The SMILES string of the molecule is CCCCc1cc(F)c(C(C)(C)C)cc1O. The van der Waals surface area contributed by atoms with Crippen LogP contribution < -0.4 is 0 Å². The predicted octanol–water partition coefficient (Wildman–Crippen LogP) is 4.17. The topological polar surface area (TPSA) is 20.2 Å². The summed E-state index contributed by atoms with van der Waals surface area (Å²) in [5.41, 5.74) is 1.02. The van der Waals surface area contributed by atoms with Gasteiger partial charge in [0.1, 0.15) is 11.6 Å². The quantitative estimate of drug-likeness (QED) is 0.817. The number of aromatic hydroxyl groups is 1. The Labute approximate surface area is 97.3 Å². The van der Waals surface area contributed by atoms with Crippen LogP contribution in [0.15, 0.2) is 12.1 Å². The summed E-state index contributed by atoms with van der Waals surface area (Å²) < 4.78 is 13.8. The first kappa shape index (κ1) is 13.0. The van der Waals surface area contributed by atoms with Crippen LogP contribution in [0.1, 0.15) is 51.7 Å². The van der Waals surface area contributed by atoms with Gasteiger partial charge in [-0.2, -0.15) is 0 Å². The maximum atomic E-state index is 13.8. The van der Waals surface area contributed by atoms with Gasteiger partial charge in [0.25, 0.3) is 0 Å². The summed E-state index contributed by atoms with van der Waals surface area (Å²) >= 11 is 0. The molecule has 0 aliphatic carbocycles. The number of unbranched alkanes of at least 4 members (excludes halogenated alkanes) is 1. The predicted molar refractivity (Wildman–Crippen MR) is 65.4 cm³/mol. The Morgan fingerprint density at radius 3 is 2.38 bits per heavy atom. The number of hydrogen-bond donors (Lipinski definition) is 1. The summed E-state index contributed by atoms with van der Waals surface area (Å²) in [5, 5.41) is 9.84. The van der Waals surface area contributed by atoms with Crippen molar-refractivity contribution >= 4 is 0 Å². The van der Waals surface area contributed by atoms with E-state index in [-0.39, 0.29) is 17.0 Å². The van der Waals surface area contributed by atoms with E-state index in [0.29, 0.717) is 11.1 Å².